The SMILES string of the molecule is COc1ccc(C(=O)/C=C/c2cc(Cl)c(OC(C)C)c(OC)c2)cc1CC(=O)O. The Balaban J connectivity index is 2.28. The second kappa shape index (κ2) is 9.98. The lowest BCUT2D eigenvalue weighted by molar-refractivity contribution is -0.136. The molecule has 0 aliphatic carbocycles. The lowest BCUT2D eigenvalue weighted by atomic mass is 10.0. The van der Waals surface area contributed by atoms with Crippen LogP contribution in [0.4, 0.5) is 0 Å². The fraction of sp³-hybridized carbons (Fsp3) is 0.273. The molecule has 1 N–H and O–H groups in total. The molecule has 6 nitrogen and oxygen atoms in total. The third-order valence-electron chi connectivity index (χ3n) is 3.94. The zero-order chi connectivity index (χ0) is 21.6. The number of halogens is 1. The molecule has 29 heavy (non-hydrogen) atoms. The molecular formula is C22H23ClO6. The van der Waals surface area contributed by atoms with Crippen molar-refractivity contribution in [2.45, 2.75) is 26.4 Å². The highest BCUT2D eigenvalue weighted by molar-refractivity contribution is 6.32. The number of aliphatic carboxylic acids is 1. The average molecular weight is 419 g/mol. The van der Waals surface area contributed by atoms with Gasteiger partial charge in [-0.1, -0.05) is 17.7 Å². The van der Waals surface area contributed by atoms with Crippen molar-refractivity contribution in [2.24, 2.45) is 0 Å². The van der Waals surface area contributed by atoms with Crippen molar-refractivity contribution in [1.29, 1.82) is 0 Å². The molecule has 0 atom stereocenters. The van der Waals surface area contributed by atoms with Gasteiger partial charge in [0.05, 0.1) is 31.8 Å². The van der Waals surface area contributed by atoms with Crippen LogP contribution in [-0.4, -0.2) is 37.2 Å². The van der Waals surface area contributed by atoms with Gasteiger partial charge in [-0.05, 0) is 55.8 Å². The monoisotopic (exact) mass is 418 g/mol. The maximum Gasteiger partial charge on any atom is 0.307 e. The molecule has 0 aromatic heterocycles. The van der Waals surface area contributed by atoms with E-state index in [1.165, 1.54) is 26.4 Å². The molecule has 0 fully saturated rings. The third kappa shape index (κ3) is 5.99. The van der Waals surface area contributed by atoms with Crippen LogP contribution in [0.25, 0.3) is 6.08 Å². The molecule has 0 saturated carbocycles. The molecule has 0 amide bonds. The Bertz CT molecular complexity index is 933. The molecule has 2 aromatic rings. The highest BCUT2D eigenvalue weighted by atomic mass is 35.5. The molecule has 2 aromatic carbocycles. The molecule has 0 saturated heterocycles. The van der Waals surface area contributed by atoms with Gasteiger partial charge in [0.25, 0.3) is 0 Å². The zero-order valence-electron chi connectivity index (χ0n) is 16.7. The Kier molecular flexibility index (Phi) is 7.67. The molecule has 0 aliphatic rings. The summed E-state index contributed by atoms with van der Waals surface area (Å²) in [6, 6.07) is 8.08. The van der Waals surface area contributed by atoms with Crippen molar-refractivity contribution in [3.63, 3.8) is 0 Å². The summed E-state index contributed by atoms with van der Waals surface area (Å²) in [7, 11) is 2.96. The molecule has 0 radical (unpaired) electrons. The molecule has 7 heteroatoms. The van der Waals surface area contributed by atoms with E-state index in [0.717, 1.165) is 0 Å². The van der Waals surface area contributed by atoms with Crippen LogP contribution < -0.4 is 14.2 Å². The molecule has 0 aliphatic heterocycles. The predicted octanol–water partition coefficient (Wildman–Crippen LogP) is 4.67. The smallest absolute Gasteiger partial charge is 0.307 e. The second-order valence-corrected chi connectivity index (χ2v) is 6.90. The lowest BCUT2D eigenvalue weighted by Crippen LogP contribution is -2.07. The van der Waals surface area contributed by atoms with Crippen LogP contribution in [0.15, 0.2) is 36.4 Å². The second-order valence-electron chi connectivity index (χ2n) is 6.50. The van der Waals surface area contributed by atoms with E-state index in [2.05, 4.69) is 0 Å². The van der Waals surface area contributed by atoms with Crippen molar-refractivity contribution >= 4 is 29.4 Å². The van der Waals surface area contributed by atoms with Crippen molar-refractivity contribution < 1.29 is 28.9 Å². The first-order valence-electron chi connectivity index (χ1n) is 8.90. The molecule has 0 spiro atoms. The third-order valence-corrected chi connectivity index (χ3v) is 4.22. The van der Waals surface area contributed by atoms with Gasteiger partial charge in [-0.2, -0.15) is 0 Å². The summed E-state index contributed by atoms with van der Waals surface area (Å²) >= 11 is 6.30. The van der Waals surface area contributed by atoms with Gasteiger partial charge in [0.2, 0.25) is 0 Å². The van der Waals surface area contributed by atoms with Crippen LogP contribution >= 0.6 is 11.6 Å². The van der Waals surface area contributed by atoms with E-state index in [1.807, 2.05) is 13.8 Å². The average Bonchev–Trinajstić information content (AvgIpc) is 2.66. The summed E-state index contributed by atoms with van der Waals surface area (Å²) in [4.78, 5) is 23.6. The predicted molar refractivity (Wildman–Crippen MR) is 111 cm³/mol. The number of carboxylic acids is 1. The minimum Gasteiger partial charge on any atom is -0.496 e. The van der Waals surface area contributed by atoms with Crippen molar-refractivity contribution in [2.75, 3.05) is 14.2 Å². The maximum absolute atomic E-state index is 12.5. The fourth-order valence-electron chi connectivity index (χ4n) is 2.69. The molecule has 0 bridgehead atoms. The molecular weight excluding hydrogens is 396 g/mol. The van der Waals surface area contributed by atoms with E-state index < -0.39 is 5.97 Å². The molecule has 0 unspecified atom stereocenters. The minimum atomic E-state index is -1.01. The Labute approximate surface area is 174 Å². The number of ketones is 1. The van der Waals surface area contributed by atoms with Crippen LogP contribution in [0.2, 0.25) is 5.02 Å². The summed E-state index contributed by atoms with van der Waals surface area (Å²) in [6.07, 6.45) is 2.69. The molecule has 0 heterocycles. The normalized spacial score (nSPS) is 11.0. The van der Waals surface area contributed by atoms with Gasteiger partial charge in [0, 0.05) is 11.1 Å². The summed E-state index contributed by atoms with van der Waals surface area (Å²) in [5, 5.41) is 9.41. The van der Waals surface area contributed by atoms with Gasteiger partial charge in [-0.15, -0.1) is 0 Å². The highest BCUT2D eigenvalue weighted by Gasteiger charge is 2.14. The van der Waals surface area contributed by atoms with Gasteiger partial charge < -0.3 is 19.3 Å². The largest absolute Gasteiger partial charge is 0.496 e. The van der Waals surface area contributed by atoms with Crippen LogP contribution in [0.1, 0.15) is 35.3 Å². The number of allylic oxidation sites excluding steroid dienone is 1. The summed E-state index contributed by atoms with van der Waals surface area (Å²) < 4.78 is 16.2. The number of methoxy groups -OCH3 is 2. The minimum absolute atomic E-state index is 0.0700. The Morgan fingerprint density at radius 3 is 2.38 bits per heavy atom. The number of rotatable bonds is 9. The van der Waals surface area contributed by atoms with Crippen molar-refractivity contribution in [3.8, 4) is 17.2 Å². The van der Waals surface area contributed by atoms with Crippen LogP contribution in [0.5, 0.6) is 17.2 Å². The van der Waals surface area contributed by atoms with Crippen LogP contribution in [0, 0.1) is 0 Å². The van der Waals surface area contributed by atoms with Crippen LogP contribution in [0.3, 0.4) is 0 Å². The fourth-order valence-corrected chi connectivity index (χ4v) is 2.95. The van der Waals surface area contributed by atoms with Gasteiger partial charge in [-0.25, -0.2) is 0 Å². The topological polar surface area (TPSA) is 82.1 Å². The van der Waals surface area contributed by atoms with E-state index in [0.29, 0.717) is 39.0 Å². The molecule has 154 valence electrons. The Hall–Kier alpha value is -2.99. The molecule has 2 rings (SSSR count). The number of carboxylic acid groups (broad SMARTS) is 1. The van der Waals surface area contributed by atoms with E-state index >= 15 is 0 Å². The standard InChI is InChI=1S/C22H23ClO6/c1-13(2)29-22-17(23)9-14(10-20(22)28-4)5-7-18(24)15-6-8-19(27-3)16(11-15)12-21(25)26/h5-11,13H,12H2,1-4H3,(H,25,26)/b7-5+. The number of ether oxygens (including phenoxy) is 3. The quantitative estimate of drug-likeness (QED) is 0.470. The van der Waals surface area contributed by atoms with Gasteiger partial charge >= 0.3 is 5.97 Å². The zero-order valence-corrected chi connectivity index (χ0v) is 17.4. The van der Waals surface area contributed by atoms with E-state index in [9.17, 15) is 9.59 Å². The number of carbonyl (C=O) groups is 2. The number of hydrogen-bond donors (Lipinski definition) is 1. The lowest BCUT2D eigenvalue weighted by Gasteiger charge is -2.15. The first kappa shape index (κ1) is 22.3. The van der Waals surface area contributed by atoms with E-state index in [-0.39, 0.29) is 18.3 Å². The Morgan fingerprint density at radius 2 is 1.79 bits per heavy atom. The van der Waals surface area contributed by atoms with E-state index in [4.69, 9.17) is 30.9 Å². The summed E-state index contributed by atoms with van der Waals surface area (Å²) in [6.45, 7) is 3.77. The van der Waals surface area contributed by atoms with Gasteiger partial charge in [-0.3, -0.25) is 9.59 Å². The summed E-state index contributed by atoms with van der Waals surface area (Å²) in [5.41, 5.74) is 1.45. The number of hydrogen-bond acceptors (Lipinski definition) is 5. The van der Waals surface area contributed by atoms with E-state index in [1.54, 1.807) is 30.3 Å². The van der Waals surface area contributed by atoms with Crippen LogP contribution in [-0.2, 0) is 11.2 Å². The van der Waals surface area contributed by atoms with Crippen molar-refractivity contribution in [3.05, 3.63) is 58.1 Å². The number of benzene rings is 2. The van der Waals surface area contributed by atoms with Gasteiger partial charge in [0.1, 0.15) is 5.75 Å². The maximum atomic E-state index is 12.5. The van der Waals surface area contributed by atoms with Gasteiger partial charge in [0.15, 0.2) is 17.3 Å². The summed E-state index contributed by atoms with van der Waals surface area (Å²) in [5.74, 6) is 0.0450. The first-order chi connectivity index (χ1) is 13.7. The Morgan fingerprint density at radius 1 is 1.10 bits per heavy atom. The first-order valence-corrected chi connectivity index (χ1v) is 9.28. The highest BCUT2D eigenvalue weighted by Crippen LogP contribution is 2.37. The van der Waals surface area contributed by atoms with Crippen molar-refractivity contribution in [1.82, 2.24) is 0 Å². The number of carbonyl (C=O) groups excluding carboxylic acids is 1.